The molecule has 1 aromatic rings. The molecule has 1 aromatic heterocycles. The van der Waals surface area contributed by atoms with Gasteiger partial charge in [-0.05, 0) is 6.42 Å². The standard InChI is InChI=1S/C6H8N4O5S/c11-6(12)8-16(13,14)10-2-1-4(10)5-3-7-9-15-5/h3-4,8H,1-2H2,(H,11,12). The molecule has 1 aliphatic rings. The normalized spacial score (nSPS) is 21.4. The summed E-state index contributed by atoms with van der Waals surface area (Å²) in [5.41, 5.74) is 0. The van der Waals surface area contributed by atoms with Crippen LogP contribution in [0.15, 0.2) is 10.7 Å². The van der Waals surface area contributed by atoms with E-state index in [9.17, 15) is 13.2 Å². The smallest absolute Gasteiger partial charge is 0.419 e. The second-order valence-corrected chi connectivity index (χ2v) is 4.77. The van der Waals surface area contributed by atoms with Crippen molar-refractivity contribution >= 4 is 16.3 Å². The van der Waals surface area contributed by atoms with Crippen LogP contribution < -0.4 is 4.72 Å². The van der Waals surface area contributed by atoms with Crippen LogP contribution >= 0.6 is 0 Å². The minimum absolute atomic E-state index is 0.230. The van der Waals surface area contributed by atoms with Crippen LogP contribution in [0.2, 0.25) is 0 Å². The molecular formula is C6H8N4O5S. The molecule has 0 radical (unpaired) electrons. The van der Waals surface area contributed by atoms with Crippen LogP contribution in [0.4, 0.5) is 4.79 Å². The highest BCUT2D eigenvalue weighted by molar-refractivity contribution is 7.87. The van der Waals surface area contributed by atoms with Crippen molar-refractivity contribution in [1.29, 1.82) is 0 Å². The summed E-state index contributed by atoms with van der Waals surface area (Å²) >= 11 is 0. The number of nitrogens with zero attached hydrogens (tertiary/aromatic N) is 3. The van der Waals surface area contributed by atoms with Crippen molar-refractivity contribution in [2.75, 3.05) is 6.54 Å². The van der Waals surface area contributed by atoms with Gasteiger partial charge < -0.3 is 9.63 Å². The lowest BCUT2D eigenvalue weighted by Crippen LogP contribution is -2.51. The zero-order valence-electron chi connectivity index (χ0n) is 7.90. The summed E-state index contributed by atoms with van der Waals surface area (Å²) in [7, 11) is -4.03. The van der Waals surface area contributed by atoms with Crippen LogP contribution in [-0.4, -0.2) is 40.8 Å². The van der Waals surface area contributed by atoms with Crippen molar-refractivity contribution in [1.82, 2.24) is 19.4 Å². The van der Waals surface area contributed by atoms with Gasteiger partial charge in [-0.1, -0.05) is 0 Å². The van der Waals surface area contributed by atoms with Gasteiger partial charge in [0.1, 0.15) is 0 Å². The van der Waals surface area contributed by atoms with E-state index in [0.717, 1.165) is 4.31 Å². The van der Waals surface area contributed by atoms with Crippen LogP contribution in [0.25, 0.3) is 0 Å². The summed E-state index contributed by atoms with van der Waals surface area (Å²) in [5.74, 6) is 0.294. The first-order chi connectivity index (χ1) is 7.50. The minimum atomic E-state index is -4.03. The van der Waals surface area contributed by atoms with E-state index in [4.69, 9.17) is 9.63 Å². The number of hydrogen-bond donors (Lipinski definition) is 2. The summed E-state index contributed by atoms with van der Waals surface area (Å²) < 4.78 is 30.1. The summed E-state index contributed by atoms with van der Waals surface area (Å²) in [6, 6.07) is -0.535. The predicted octanol–water partition coefficient (Wildman–Crippen LogP) is -0.671. The van der Waals surface area contributed by atoms with E-state index in [1.54, 1.807) is 0 Å². The van der Waals surface area contributed by atoms with E-state index in [-0.39, 0.29) is 6.54 Å². The van der Waals surface area contributed by atoms with Gasteiger partial charge in [0.2, 0.25) is 0 Å². The highest BCUT2D eigenvalue weighted by atomic mass is 32.2. The topological polar surface area (TPSA) is 126 Å². The van der Waals surface area contributed by atoms with Gasteiger partial charge in [0.05, 0.1) is 12.2 Å². The maximum absolute atomic E-state index is 11.5. The average Bonchev–Trinajstić information content (AvgIpc) is 2.50. The molecule has 0 aromatic carbocycles. The van der Waals surface area contributed by atoms with Crippen molar-refractivity contribution in [2.45, 2.75) is 12.5 Å². The Morgan fingerprint density at radius 3 is 2.88 bits per heavy atom. The third-order valence-corrected chi connectivity index (χ3v) is 3.69. The minimum Gasteiger partial charge on any atom is -0.464 e. The molecule has 0 saturated carbocycles. The van der Waals surface area contributed by atoms with Gasteiger partial charge in [-0.2, -0.15) is 12.7 Å². The fourth-order valence-electron chi connectivity index (χ4n) is 1.43. The van der Waals surface area contributed by atoms with Gasteiger partial charge in [-0.15, -0.1) is 5.10 Å². The summed E-state index contributed by atoms with van der Waals surface area (Å²) in [6.07, 6.45) is 0.214. The zero-order valence-corrected chi connectivity index (χ0v) is 8.72. The van der Waals surface area contributed by atoms with Gasteiger partial charge in [0.25, 0.3) is 0 Å². The van der Waals surface area contributed by atoms with Crippen molar-refractivity contribution in [3.63, 3.8) is 0 Å². The number of nitrogens with one attached hydrogen (secondary N) is 1. The summed E-state index contributed by atoms with van der Waals surface area (Å²) in [4.78, 5) is 10.3. The summed E-state index contributed by atoms with van der Waals surface area (Å²) in [6.45, 7) is 0.230. The van der Waals surface area contributed by atoms with Gasteiger partial charge in [-0.25, -0.2) is 9.52 Å². The Labute approximate surface area is 90.2 Å². The fraction of sp³-hybridized carbons (Fsp3) is 0.500. The van der Waals surface area contributed by atoms with Crippen LogP contribution in [-0.2, 0) is 10.2 Å². The number of carbonyl (C=O) groups is 1. The van der Waals surface area contributed by atoms with Crippen LogP contribution in [0.1, 0.15) is 18.2 Å². The lowest BCUT2D eigenvalue weighted by Gasteiger charge is -2.36. The molecule has 1 unspecified atom stereocenters. The highest BCUT2D eigenvalue weighted by Crippen LogP contribution is 2.34. The molecule has 0 aliphatic carbocycles. The van der Waals surface area contributed by atoms with Gasteiger partial charge in [0.15, 0.2) is 5.76 Å². The third kappa shape index (κ3) is 1.84. The van der Waals surface area contributed by atoms with Gasteiger partial charge in [-0.3, -0.25) is 0 Å². The first kappa shape index (κ1) is 10.8. The van der Waals surface area contributed by atoms with Crippen molar-refractivity contribution in [2.24, 2.45) is 0 Å². The molecule has 2 heterocycles. The molecule has 0 bridgehead atoms. The second-order valence-electron chi connectivity index (χ2n) is 3.15. The molecule has 9 nitrogen and oxygen atoms in total. The maximum Gasteiger partial charge on any atom is 0.419 e. The van der Waals surface area contributed by atoms with Crippen LogP contribution in [0.5, 0.6) is 0 Å². The third-order valence-electron chi connectivity index (χ3n) is 2.20. The highest BCUT2D eigenvalue weighted by Gasteiger charge is 2.41. The number of amides is 1. The molecule has 1 atom stereocenters. The molecule has 2 rings (SSSR count). The molecule has 1 amide bonds. The van der Waals surface area contributed by atoms with Gasteiger partial charge in [0, 0.05) is 11.8 Å². The number of carboxylic acid groups (broad SMARTS) is 1. The van der Waals surface area contributed by atoms with Crippen LogP contribution in [0, 0.1) is 0 Å². The lowest BCUT2D eigenvalue weighted by molar-refractivity contribution is 0.157. The Morgan fingerprint density at radius 2 is 2.44 bits per heavy atom. The Morgan fingerprint density at radius 1 is 1.69 bits per heavy atom. The number of hydrogen-bond acceptors (Lipinski definition) is 6. The average molecular weight is 248 g/mol. The first-order valence-electron chi connectivity index (χ1n) is 4.30. The van der Waals surface area contributed by atoms with E-state index in [2.05, 4.69) is 10.4 Å². The van der Waals surface area contributed by atoms with Crippen molar-refractivity contribution < 1.29 is 22.8 Å². The molecule has 10 heteroatoms. The molecule has 0 spiro atoms. The second kappa shape index (κ2) is 3.72. The van der Waals surface area contributed by atoms with Crippen molar-refractivity contribution in [3.05, 3.63) is 12.0 Å². The Hall–Kier alpha value is -1.68. The number of aromatic nitrogens is 2. The molecule has 1 saturated heterocycles. The molecule has 1 fully saturated rings. The van der Waals surface area contributed by atoms with Crippen LogP contribution in [0.3, 0.4) is 0 Å². The van der Waals surface area contributed by atoms with E-state index in [1.807, 2.05) is 0 Å². The maximum atomic E-state index is 11.5. The molecule has 16 heavy (non-hydrogen) atoms. The first-order valence-corrected chi connectivity index (χ1v) is 5.74. The van der Waals surface area contributed by atoms with E-state index >= 15 is 0 Å². The fourth-order valence-corrected chi connectivity index (χ4v) is 2.65. The molecular weight excluding hydrogens is 240 g/mol. The molecule has 88 valence electrons. The van der Waals surface area contributed by atoms with E-state index < -0.39 is 22.3 Å². The Bertz CT molecular complexity index is 483. The largest absolute Gasteiger partial charge is 0.464 e. The van der Waals surface area contributed by atoms with E-state index in [0.29, 0.717) is 12.2 Å². The number of rotatable bonds is 3. The molecule has 2 N–H and O–H groups in total. The van der Waals surface area contributed by atoms with Crippen molar-refractivity contribution in [3.8, 4) is 0 Å². The van der Waals surface area contributed by atoms with Gasteiger partial charge >= 0.3 is 16.3 Å². The predicted molar refractivity (Wildman–Crippen MR) is 48.4 cm³/mol. The summed E-state index contributed by atoms with van der Waals surface area (Å²) in [5, 5.41) is 15.0. The van der Waals surface area contributed by atoms with E-state index in [1.165, 1.54) is 10.9 Å². The molecule has 1 aliphatic heterocycles. The lowest BCUT2D eigenvalue weighted by atomic mass is 10.1. The monoisotopic (exact) mass is 248 g/mol. The Kier molecular flexibility index (Phi) is 2.52. The SMILES string of the molecule is O=C(O)NS(=O)(=O)N1CCC1c1cnno1. The Balaban J connectivity index is 2.15. The quantitative estimate of drug-likeness (QED) is 0.726. The zero-order chi connectivity index (χ0) is 11.8.